The molecule has 2 aromatic carbocycles. The summed E-state index contributed by atoms with van der Waals surface area (Å²) < 4.78 is 19.6. The summed E-state index contributed by atoms with van der Waals surface area (Å²) in [5, 5.41) is 9.67. The molecular weight excluding hydrogens is 391 g/mol. The van der Waals surface area contributed by atoms with Crippen LogP contribution in [-0.4, -0.2) is 37.7 Å². The molecule has 0 atom stereocenters. The number of nitrogens with one attached hydrogen (secondary N) is 2. The third-order valence-electron chi connectivity index (χ3n) is 4.43. The van der Waals surface area contributed by atoms with Crippen molar-refractivity contribution in [3.8, 4) is 17.1 Å². The molecule has 0 saturated carbocycles. The summed E-state index contributed by atoms with van der Waals surface area (Å²) in [6.45, 7) is -0.149. The predicted octanol–water partition coefficient (Wildman–Crippen LogP) is 1.65. The molecule has 2 heterocycles. The van der Waals surface area contributed by atoms with E-state index in [1.807, 2.05) is 12.1 Å². The predicted molar refractivity (Wildman–Crippen MR) is 106 cm³/mol. The lowest BCUT2D eigenvalue weighted by atomic mass is 10.2. The van der Waals surface area contributed by atoms with E-state index in [-0.39, 0.29) is 18.5 Å². The Kier molecular flexibility index (Phi) is 5.21. The highest BCUT2D eigenvalue weighted by atomic mass is 19.1. The zero-order chi connectivity index (χ0) is 21.1. The fourth-order valence-corrected chi connectivity index (χ4v) is 2.88. The topological polar surface area (TPSA) is 115 Å². The lowest BCUT2D eigenvalue weighted by molar-refractivity contribution is -0.121. The number of carbonyl (C=O) groups is 1. The van der Waals surface area contributed by atoms with Gasteiger partial charge in [0.25, 0.3) is 5.56 Å². The van der Waals surface area contributed by atoms with E-state index in [4.69, 9.17) is 4.74 Å². The Morgan fingerprint density at radius 1 is 1.23 bits per heavy atom. The Morgan fingerprint density at radius 3 is 2.80 bits per heavy atom. The molecule has 152 valence electrons. The molecule has 0 radical (unpaired) electrons. The van der Waals surface area contributed by atoms with Crippen molar-refractivity contribution in [1.82, 2.24) is 30.0 Å². The minimum Gasteiger partial charge on any atom is -0.497 e. The van der Waals surface area contributed by atoms with Crippen LogP contribution < -0.4 is 15.6 Å². The normalized spacial score (nSPS) is 10.9. The highest BCUT2D eigenvalue weighted by Gasteiger charge is 2.11. The Hall–Kier alpha value is -4.08. The fraction of sp³-hybridized carbons (Fsp3) is 0.150. The lowest BCUT2D eigenvalue weighted by Crippen LogP contribution is -2.32. The quantitative estimate of drug-likeness (QED) is 0.501. The highest BCUT2D eigenvalue weighted by Crippen LogP contribution is 2.18. The first kappa shape index (κ1) is 19.2. The molecule has 0 spiro atoms. The number of ether oxygens (including phenoxy) is 1. The molecule has 2 aromatic heterocycles. The second-order valence-electron chi connectivity index (χ2n) is 6.45. The Bertz CT molecular complexity index is 1270. The van der Waals surface area contributed by atoms with Crippen molar-refractivity contribution in [2.75, 3.05) is 7.11 Å². The zero-order valence-corrected chi connectivity index (χ0v) is 15.9. The maximum Gasteiger partial charge on any atom is 0.261 e. The van der Waals surface area contributed by atoms with Gasteiger partial charge in [0.05, 0.1) is 30.9 Å². The molecule has 9 nitrogen and oxygen atoms in total. The summed E-state index contributed by atoms with van der Waals surface area (Å²) in [7, 11) is 1.59. The van der Waals surface area contributed by atoms with E-state index in [0.29, 0.717) is 17.2 Å². The smallest absolute Gasteiger partial charge is 0.261 e. The van der Waals surface area contributed by atoms with E-state index in [1.54, 1.807) is 19.2 Å². The SMILES string of the molecule is COc1ccc(-c2n[nH]c(CNC(=O)Cn3cnc4ccc(F)cc4c3=O)n2)cc1. The fourth-order valence-electron chi connectivity index (χ4n) is 2.88. The summed E-state index contributed by atoms with van der Waals surface area (Å²) in [6, 6.07) is 11.0. The number of benzene rings is 2. The lowest BCUT2D eigenvalue weighted by Gasteiger charge is -2.07. The van der Waals surface area contributed by atoms with Gasteiger partial charge in [0.15, 0.2) is 5.82 Å². The van der Waals surface area contributed by atoms with Crippen LogP contribution in [0.25, 0.3) is 22.3 Å². The van der Waals surface area contributed by atoms with Crippen molar-refractivity contribution in [2.45, 2.75) is 13.1 Å². The number of fused-ring (bicyclic) bond motifs is 1. The van der Waals surface area contributed by atoms with Crippen LogP contribution in [0.1, 0.15) is 5.82 Å². The molecule has 4 rings (SSSR count). The number of nitrogens with zero attached hydrogens (tertiary/aromatic N) is 4. The second-order valence-corrected chi connectivity index (χ2v) is 6.45. The molecular formula is C20H17FN6O3. The van der Waals surface area contributed by atoms with Gasteiger partial charge >= 0.3 is 0 Å². The van der Waals surface area contributed by atoms with Crippen LogP contribution >= 0.6 is 0 Å². The van der Waals surface area contributed by atoms with Gasteiger partial charge in [0.1, 0.15) is 23.9 Å². The number of amides is 1. The van der Waals surface area contributed by atoms with E-state index >= 15 is 0 Å². The summed E-state index contributed by atoms with van der Waals surface area (Å²) in [5.41, 5.74) is 0.674. The minimum atomic E-state index is -0.540. The summed E-state index contributed by atoms with van der Waals surface area (Å²) >= 11 is 0. The molecule has 0 bridgehead atoms. The Morgan fingerprint density at radius 2 is 2.03 bits per heavy atom. The van der Waals surface area contributed by atoms with Gasteiger partial charge in [-0.05, 0) is 42.5 Å². The van der Waals surface area contributed by atoms with Crippen LogP contribution in [0.3, 0.4) is 0 Å². The Labute approximate surface area is 169 Å². The number of carbonyl (C=O) groups excluding carboxylic acids is 1. The second kappa shape index (κ2) is 8.11. The van der Waals surface area contributed by atoms with Crippen molar-refractivity contribution in [3.63, 3.8) is 0 Å². The monoisotopic (exact) mass is 408 g/mol. The number of rotatable bonds is 6. The molecule has 0 unspecified atom stereocenters. The van der Waals surface area contributed by atoms with Crippen molar-refractivity contribution in [3.05, 3.63) is 70.8 Å². The molecule has 30 heavy (non-hydrogen) atoms. The van der Waals surface area contributed by atoms with Gasteiger partial charge in [0.2, 0.25) is 5.91 Å². The van der Waals surface area contributed by atoms with Crippen molar-refractivity contribution < 1.29 is 13.9 Å². The molecule has 0 saturated heterocycles. The van der Waals surface area contributed by atoms with Crippen molar-refractivity contribution >= 4 is 16.8 Å². The third-order valence-corrected chi connectivity index (χ3v) is 4.43. The number of methoxy groups -OCH3 is 1. The van der Waals surface area contributed by atoms with Crippen LogP contribution in [-0.2, 0) is 17.9 Å². The van der Waals surface area contributed by atoms with E-state index in [9.17, 15) is 14.0 Å². The van der Waals surface area contributed by atoms with Gasteiger partial charge in [0, 0.05) is 5.56 Å². The first-order chi connectivity index (χ1) is 14.5. The van der Waals surface area contributed by atoms with E-state index < -0.39 is 17.3 Å². The molecule has 0 aliphatic rings. The molecule has 2 N–H and O–H groups in total. The van der Waals surface area contributed by atoms with Crippen LogP contribution in [0.2, 0.25) is 0 Å². The van der Waals surface area contributed by atoms with Gasteiger partial charge in [-0.25, -0.2) is 14.4 Å². The molecule has 1 amide bonds. The summed E-state index contributed by atoms with van der Waals surface area (Å²) in [4.78, 5) is 33.1. The van der Waals surface area contributed by atoms with Crippen molar-refractivity contribution in [1.29, 1.82) is 0 Å². The zero-order valence-electron chi connectivity index (χ0n) is 15.9. The molecule has 10 heteroatoms. The highest BCUT2D eigenvalue weighted by molar-refractivity contribution is 5.79. The van der Waals surface area contributed by atoms with Crippen LogP contribution in [0, 0.1) is 5.82 Å². The van der Waals surface area contributed by atoms with Crippen LogP contribution in [0.4, 0.5) is 4.39 Å². The molecule has 0 fully saturated rings. The van der Waals surface area contributed by atoms with Crippen LogP contribution in [0.15, 0.2) is 53.6 Å². The van der Waals surface area contributed by atoms with Crippen LogP contribution in [0.5, 0.6) is 5.75 Å². The molecule has 4 aromatic rings. The maximum absolute atomic E-state index is 13.4. The third kappa shape index (κ3) is 4.02. The van der Waals surface area contributed by atoms with E-state index in [2.05, 4.69) is 25.5 Å². The average Bonchev–Trinajstić information content (AvgIpc) is 3.24. The first-order valence-corrected chi connectivity index (χ1v) is 9.00. The number of H-pyrrole nitrogens is 1. The van der Waals surface area contributed by atoms with Crippen molar-refractivity contribution in [2.24, 2.45) is 0 Å². The molecule has 0 aliphatic carbocycles. The van der Waals surface area contributed by atoms with Gasteiger partial charge in [-0.2, -0.15) is 5.10 Å². The average molecular weight is 408 g/mol. The number of hydrogen-bond acceptors (Lipinski definition) is 6. The molecule has 0 aliphatic heterocycles. The van der Waals surface area contributed by atoms with Gasteiger partial charge in [-0.15, -0.1) is 0 Å². The van der Waals surface area contributed by atoms with Gasteiger partial charge < -0.3 is 10.1 Å². The largest absolute Gasteiger partial charge is 0.497 e. The maximum atomic E-state index is 13.4. The number of aromatic amines is 1. The summed E-state index contributed by atoms with van der Waals surface area (Å²) in [5.74, 6) is 0.709. The minimum absolute atomic E-state index is 0.104. The number of aromatic nitrogens is 5. The van der Waals surface area contributed by atoms with E-state index in [1.165, 1.54) is 18.5 Å². The first-order valence-electron chi connectivity index (χ1n) is 9.00. The number of halogens is 1. The summed E-state index contributed by atoms with van der Waals surface area (Å²) in [6.07, 6.45) is 1.26. The standard InChI is InChI=1S/C20H17FN6O3/c1-30-14-5-2-12(3-6-14)19-24-17(25-26-19)9-22-18(28)10-27-11-23-16-7-4-13(21)8-15(16)20(27)29/h2-8,11H,9-10H2,1H3,(H,22,28)(H,24,25,26). The van der Waals surface area contributed by atoms with Gasteiger partial charge in [-0.1, -0.05) is 0 Å². The number of hydrogen-bond donors (Lipinski definition) is 2. The Balaban J connectivity index is 1.41. The van der Waals surface area contributed by atoms with Gasteiger partial charge in [-0.3, -0.25) is 19.3 Å². The van der Waals surface area contributed by atoms with E-state index in [0.717, 1.165) is 21.9 Å².